The van der Waals surface area contributed by atoms with Crippen LogP contribution in [0.4, 0.5) is 0 Å². The molecule has 4 nitrogen and oxygen atoms in total. The molecule has 4 heteroatoms. The Morgan fingerprint density at radius 3 is 1.67 bits per heavy atom. The predicted octanol–water partition coefficient (Wildman–Crippen LogP) is 1.33. The first-order valence-electron chi connectivity index (χ1n) is 4.64. The molecule has 1 aromatic rings. The maximum absolute atomic E-state index is 9.10. The third kappa shape index (κ3) is 3.42. The van der Waals surface area contributed by atoms with E-state index < -0.39 is 11.9 Å². The van der Waals surface area contributed by atoms with Gasteiger partial charge < -0.3 is 10.2 Å². The van der Waals surface area contributed by atoms with Crippen LogP contribution in [-0.2, 0) is 22.4 Å². The van der Waals surface area contributed by atoms with Crippen LogP contribution in [0.3, 0.4) is 0 Å². The predicted molar refractivity (Wildman–Crippen MR) is 53.7 cm³/mol. The van der Waals surface area contributed by atoms with Gasteiger partial charge in [-0.1, -0.05) is 24.3 Å². The molecule has 0 amide bonds. The minimum atomic E-state index is -1.82. The fraction of sp³-hybridized carbons (Fsp3) is 0.273. The van der Waals surface area contributed by atoms with E-state index in [0.29, 0.717) is 0 Å². The van der Waals surface area contributed by atoms with Gasteiger partial charge in [0.15, 0.2) is 0 Å². The second kappa shape index (κ2) is 5.14. The van der Waals surface area contributed by atoms with Gasteiger partial charge in [-0.25, -0.2) is 9.59 Å². The number of hydrogen-bond donors (Lipinski definition) is 2. The monoisotopic (exact) mass is 208 g/mol. The maximum Gasteiger partial charge on any atom is 0.414 e. The SMILES string of the molecule is O=C(O)C(=O)O.c1ccc2c(c1)CCC2. The summed E-state index contributed by atoms with van der Waals surface area (Å²) in [5.74, 6) is -3.65. The van der Waals surface area contributed by atoms with Gasteiger partial charge in [0, 0.05) is 0 Å². The van der Waals surface area contributed by atoms with Crippen LogP contribution in [0.25, 0.3) is 0 Å². The molecule has 0 bridgehead atoms. The molecule has 15 heavy (non-hydrogen) atoms. The number of aryl methyl sites for hydroxylation is 2. The molecular formula is C11H12O4. The Morgan fingerprint density at radius 2 is 1.33 bits per heavy atom. The van der Waals surface area contributed by atoms with Gasteiger partial charge in [0.05, 0.1) is 0 Å². The van der Waals surface area contributed by atoms with Crippen LogP contribution in [0.2, 0.25) is 0 Å². The summed E-state index contributed by atoms with van der Waals surface area (Å²) in [5, 5.41) is 14.8. The topological polar surface area (TPSA) is 74.6 Å². The summed E-state index contributed by atoms with van der Waals surface area (Å²) in [6.07, 6.45) is 3.96. The third-order valence-electron chi connectivity index (χ3n) is 2.19. The van der Waals surface area contributed by atoms with E-state index in [1.54, 1.807) is 11.1 Å². The average Bonchev–Trinajstić information content (AvgIpc) is 2.66. The van der Waals surface area contributed by atoms with E-state index in [0.717, 1.165) is 0 Å². The van der Waals surface area contributed by atoms with Gasteiger partial charge in [-0.05, 0) is 30.4 Å². The summed E-state index contributed by atoms with van der Waals surface area (Å²) in [6, 6.07) is 8.74. The number of benzene rings is 1. The van der Waals surface area contributed by atoms with Crippen molar-refractivity contribution in [2.24, 2.45) is 0 Å². The van der Waals surface area contributed by atoms with Crippen LogP contribution in [0.1, 0.15) is 17.5 Å². The van der Waals surface area contributed by atoms with Crippen LogP contribution < -0.4 is 0 Å². The van der Waals surface area contributed by atoms with E-state index in [1.165, 1.54) is 19.3 Å². The molecule has 0 atom stereocenters. The Labute approximate surface area is 87.2 Å². The van der Waals surface area contributed by atoms with Crippen LogP contribution in [0, 0.1) is 0 Å². The summed E-state index contributed by atoms with van der Waals surface area (Å²) in [4.78, 5) is 18.2. The number of hydrogen-bond acceptors (Lipinski definition) is 2. The molecule has 0 saturated carbocycles. The van der Waals surface area contributed by atoms with E-state index in [4.69, 9.17) is 19.8 Å². The van der Waals surface area contributed by atoms with E-state index in [2.05, 4.69) is 24.3 Å². The number of carbonyl (C=O) groups is 2. The number of carboxylic acids is 2. The Morgan fingerprint density at radius 1 is 0.933 bits per heavy atom. The molecule has 2 N–H and O–H groups in total. The van der Waals surface area contributed by atoms with Gasteiger partial charge in [-0.3, -0.25) is 0 Å². The molecule has 2 rings (SSSR count). The molecule has 0 saturated heterocycles. The second-order valence-electron chi connectivity index (χ2n) is 3.23. The Hall–Kier alpha value is -1.84. The Kier molecular flexibility index (Phi) is 3.85. The summed E-state index contributed by atoms with van der Waals surface area (Å²) >= 11 is 0. The summed E-state index contributed by atoms with van der Waals surface area (Å²) in [7, 11) is 0. The van der Waals surface area contributed by atoms with E-state index >= 15 is 0 Å². The zero-order chi connectivity index (χ0) is 11.3. The molecular weight excluding hydrogens is 196 g/mol. The van der Waals surface area contributed by atoms with Gasteiger partial charge in [0.2, 0.25) is 0 Å². The first-order chi connectivity index (χ1) is 7.11. The molecule has 0 heterocycles. The number of rotatable bonds is 0. The van der Waals surface area contributed by atoms with Gasteiger partial charge in [0.25, 0.3) is 0 Å². The molecule has 0 aliphatic heterocycles. The molecule has 0 unspecified atom stereocenters. The number of fused-ring (bicyclic) bond motifs is 1. The molecule has 0 fully saturated rings. The lowest BCUT2D eigenvalue weighted by Gasteiger charge is -1.93. The lowest BCUT2D eigenvalue weighted by molar-refractivity contribution is -0.159. The van der Waals surface area contributed by atoms with Crippen LogP contribution in [0.5, 0.6) is 0 Å². The standard InChI is InChI=1S/C9H10.C2H2O4/c1-2-5-9-7-3-6-8(9)4-1;3-1(4)2(5)6/h1-2,4-5H,3,6-7H2;(H,3,4)(H,5,6). The van der Waals surface area contributed by atoms with Gasteiger partial charge in [-0.15, -0.1) is 0 Å². The molecule has 1 aliphatic carbocycles. The summed E-state index contributed by atoms with van der Waals surface area (Å²) in [5.41, 5.74) is 3.13. The Balaban J connectivity index is 0.000000167. The van der Waals surface area contributed by atoms with Crippen LogP contribution in [-0.4, -0.2) is 22.2 Å². The van der Waals surface area contributed by atoms with Crippen molar-refractivity contribution in [3.8, 4) is 0 Å². The molecule has 0 aromatic heterocycles. The first-order valence-corrected chi connectivity index (χ1v) is 4.64. The van der Waals surface area contributed by atoms with Crippen molar-refractivity contribution in [1.82, 2.24) is 0 Å². The second-order valence-corrected chi connectivity index (χ2v) is 3.23. The Bertz CT molecular complexity index is 336. The summed E-state index contributed by atoms with van der Waals surface area (Å²) in [6.45, 7) is 0. The van der Waals surface area contributed by atoms with Crippen LogP contribution in [0.15, 0.2) is 24.3 Å². The largest absolute Gasteiger partial charge is 0.473 e. The smallest absolute Gasteiger partial charge is 0.414 e. The maximum atomic E-state index is 9.10. The molecule has 0 radical (unpaired) electrons. The minimum Gasteiger partial charge on any atom is -0.473 e. The van der Waals surface area contributed by atoms with Crippen molar-refractivity contribution < 1.29 is 19.8 Å². The highest BCUT2D eigenvalue weighted by Gasteiger charge is 2.07. The summed E-state index contributed by atoms with van der Waals surface area (Å²) < 4.78 is 0. The zero-order valence-electron chi connectivity index (χ0n) is 8.14. The molecule has 0 spiro atoms. The lowest BCUT2D eigenvalue weighted by Crippen LogP contribution is -2.09. The van der Waals surface area contributed by atoms with Gasteiger partial charge in [-0.2, -0.15) is 0 Å². The highest BCUT2D eigenvalue weighted by atomic mass is 16.4. The highest BCUT2D eigenvalue weighted by molar-refractivity contribution is 6.27. The lowest BCUT2D eigenvalue weighted by atomic mass is 10.1. The van der Waals surface area contributed by atoms with Crippen molar-refractivity contribution in [2.45, 2.75) is 19.3 Å². The normalized spacial score (nSPS) is 12.3. The van der Waals surface area contributed by atoms with Crippen molar-refractivity contribution in [2.75, 3.05) is 0 Å². The van der Waals surface area contributed by atoms with E-state index in [9.17, 15) is 0 Å². The first kappa shape index (κ1) is 11.2. The van der Waals surface area contributed by atoms with Gasteiger partial charge in [0.1, 0.15) is 0 Å². The van der Waals surface area contributed by atoms with Crippen molar-refractivity contribution >= 4 is 11.9 Å². The quantitative estimate of drug-likeness (QED) is 0.631. The highest BCUT2D eigenvalue weighted by Crippen LogP contribution is 2.20. The molecule has 1 aromatic carbocycles. The van der Waals surface area contributed by atoms with E-state index in [-0.39, 0.29) is 0 Å². The number of carboxylic acid groups (broad SMARTS) is 2. The fourth-order valence-corrected chi connectivity index (χ4v) is 1.51. The van der Waals surface area contributed by atoms with Crippen molar-refractivity contribution in [1.29, 1.82) is 0 Å². The van der Waals surface area contributed by atoms with Gasteiger partial charge >= 0.3 is 11.9 Å². The van der Waals surface area contributed by atoms with Crippen molar-refractivity contribution in [3.05, 3.63) is 35.4 Å². The zero-order valence-corrected chi connectivity index (χ0v) is 8.14. The molecule has 80 valence electrons. The minimum absolute atomic E-state index is 1.30. The van der Waals surface area contributed by atoms with E-state index in [1.807, 2.05) is 0 Å². The molecule has 1 aliphatic rings. The van der Waals surface area contributed by atoms with Crippen LogP contribution >= 0.6 is 0 Å². The fourth-order valence-electron chi connectivity index (χ4n) is 1.51. The number of aliphatic carboxylic acids is 2. The third-order valence-corrected chi connectivity index (χ3v) is 2.19. The average molecular weight is 208 g/mol. The van der Waals surface area contributed by atoms with Crippen molar-refractivity contribution in [3.63, 3.8) is 0 Å².